The molecule has 0 radical (unpaired) electrons. The fourth-order valence-corrected chi connectivity index (χ4v) is 8.34. The number of aromatic nitrogens is 4. The van der Waals surface area contributed by atoms with Gasteiger partial charge in [-0.3, -0.25) is 4.79 Å². The largest absolute Gasteiger partial charge is 0.390 e. The van der Waals surface area contributed by atoms with Gasteiger partial charge in [-0.1, -0.05) is 30.4 Å². The number of nitrogens with two attached hydrogens (primary N) is 1. The molecule has 4 aliphatic rings. The number of sulfonamides is 1. The van der Waals surface area contributed by atoms with Crippen LogP contribution in [0, 0.1) is 0 Å². The maximum Gasteiger partial charge on any atom is 0.253 e. The van der Waals surface area contributed by atoms with Crippen LogP contribution in [0.1, 0.15) is 64.4 Å². The summed E-state index contributed by atoms with van der Waals surface area (Å²) in [6.45, 7) is 1.53. The lowest BCUT2D eigenvalue weighted by molar-refractivity contribution is -0.0346. The van der Waals surface area contributed by atoms with Gasteiger partial charge in [0, 0.05) is 59.5 Å². The molecule has 5 aromatic rings. The fourth-order valence-electron chi connectivity index (χ4n) is 7.50. The molecule has 9 rings (SSSR count). The molecule has 2 aromatic carbocycles. The zero-order valence-electron chi connectivity index (χ0n) is 31.4. The van der Waals surface area contributed by atoms with Crippen molar-refractivity contribution in [3.8, 4) is 0 Å². The van der Waals surface area contributed by atoms with Crippen LogP contribution in [-0.4, -0.2) is 75.9 Å². The number of para-hydroxylation sites is 1. The molecule has 4 aliphatic heterocycles. The summed E-state index contributed by atoms with van der Waals surface area (Å²) in [5.41, 5.74) is 8.18. The number of nitrogens with one attached hydrogen (secondary N) is 2. The number of hydrogen-bond donors (Lipinski definition) is 4. The number of likely N-dealkylation sites (tertiary alicyclic amines) is 1. The number of amides is 1. The quantitative estimate of drug-likeness (QED) is 0.132. The predicted molar refractivity (Wildman–Crippen MR) is 224 cm³/mol. The molecule has 0 unspecified atom stereocenters. The standard InChI is InChI=1S/C24H26F2N2O2.C20H15N5O2S/c25-22(26)11-12-24(30)13-16-27(17-14-24)23(29)19-7-9-20(10-8-19)28-15-3-5-18-4-1-2-6-21(18)28;21-28(26,27)20-18-7-5-16(24-18)10-14-3-1-12(22-14)9-13-2-4-15(23-13)11-17-6-8-19(20)25-17/h1-10,22,30H,11-17H2;1-11,22,24H,(H2,21,26,27). The Bertz CT molecular complexity index is 2730. The van der Waals surface area contributed by atoms with E-state index >= 15 is 0 Å². The van der Waals surface area contributed by atoms with E-state index in [-0.39, 0.29) is 29.3 Å². The number of H-pyrrole nitrogens is 2. The zero-order chi connectivity index (χ0) is 40.4. The number of nitrogens with zero attached hydrogens (tertiary/aromatic N) is 4. The summed E-state index contributed by atoms with van der Waals surface area (Å²) in [7, 11) is -4.00. The van der Waals surface area contributed by atoms with Gasteiger partial charge in [-0.2, -0.15) is 0 Å². The van der Waals surface area contributed by atoms with Crippen LogP contribution in [0.5, 0.6) is 0 Å². The Hall–Kier alpha value is -6.22. The van der Waals surface area contributed by atoms with Gasteiger partial charge in [0.15, 0.2) is 0 Å². The van der Waals surface area contributed by atoms with E-state index in [0.29, 0.717) is 42.7 Å². The molecule has 0 aliphatic carbocycles. The van der Waals surface area contributed by atoms with Crippen LogP contribution in [0.25, 0.3) is 52.4 Å². The average Bonchev–Trinajstić information content (AvgIpc) is 4.04. The number of carbonyl (C=O) groups excluding carboxylic acids is 1. The fraction of sp³-hybridized carbons (Fsp3) is 0.205. The third kappa shape index (κ3) is 8.69. The van der Waals surface area contributed by atoms with Gasteiger partial charge in [-0.25, -0.2) is 32.3 Å². The minimum atomic E-state index is -4.00. The third-order valence-electron chi connectivity index (χ3n) is 10.5. The van der Waals surface area contributed by atoms with Crippen molar-refractivity contribution in [2.75, 3.05) is 24.5 Å². The Kier molecular flexibility index (Phi) is 10.6. The summed E-state index contributed by atoms with van der Waals surface area (Å²) in [6, 6.07) is 28.8. The molecular weight excluding hydrogens is 761 g/mol. The predicted octanol–water partition coefficient (Wildman–Crippen LogP) is 8.17. The van der Waals surface area contributed by atoms with E-state index < -0.39 is 22.0 Å². The maximum absolute atomic E-state index is 12.9. The molecule has 1 saturated heterocycles. The Balaban J connectivity index is 0.000000162. The minimum absolute atomic E-state index is 0.0458. The summed E-state index contributed by atoms with van der Waals surface area (Å²) >= 11 is 0. The van der Waals surface area contributed by atoms with Crippen molar-refractivity contribution in [2.45, 2.75) is 42.6 Å². The summed E-state index contributed by atoms with van der Waals surface area (Å²) in [4.78, 5) is 32.1. The second-order valence-corrected chi connectivity index (χ2v) is 16.1. The number of anilines is 2. The van der Waals surface area contributed by atoms with Gasteiger partial charge in [0.05, 0.1) is 33.9 Å². The van der Waals surface area contributed by atoms with E-state index in [1.54, 1.807) is 35.3 Å². The summed E-state index contributed by atoms with van der Waals surface area (Å²) in [5.74, 6) is -0.0867. The molecular formula is C44H41F2N7O4S. The van der Waals surface area contributed by atoms with Crippen molar-refractivity contribution in [3.05, 3.63) is 131 Å². The topological polar surface area (TPSA) is 161 Å². The monoisotopic (exact) mass is 801 g/mol. The molecule has 8 bridgehead atoms. The van der Waals surface area contributed by atoms with Gasteiger partial charge in [-0.15, -0.1) is 0 Å². The first-order chi connectivity index (χ1) is 27.9. The lowest BCUT2D eigenvalue weighted by Gasteiger charge is -2.38. The molecule has 296 valence electrons. The molecule has 1 amide bonds. The van der Waals surface area contributed by atoms with E-state index in [1.165, 1.54) is 0 Å². The van der Waals surface area contributed by atoms with Crippen LogP contribution in [0.3, 0.4) is 0 Å². The number of benzene rings is 2. The van der Waals surface area contributed by atoms with Crippen molar-refractivity contribution in [2.24, 2.45) is 5.14 Å². The molecule has 14 heteroatoms. The van der Waals surface area contributed by atoms with Gasteiger partial charge in [0.25, 0.3) is 5.91 Å². The van der Waals surface area contributed by atoms with Crippen LogP contribution in [-0.2, 0) is 10.0 Å². The zero-order valence-corrected chi connectivity index (χ0v) is 32.2. The minimum Gasteiger partial charge on any atom is -0.390 e. The highest BCUT2D eigenvalue weighted by Gasteiger charge is 2.34. The van der Waals surface area contributed by atoms with Crippen molar-refractivity contribution in [1.29, 1.82) is 0 Å². The molecule has 0 spiro atoms. The lowest BCUT2D eigenvalue weighted by Crippen LogP contribution is -2.46. The summed E-state index contributed by atoms with van der Waals surface area (Å²) in [5, 5.41) is 16.0. The third-order valence-corrected chi connectivity index (χ3v) is 11.5. The van der Waals surface area contributed by atoms with E-state index in [1.807, 2.05) is 72.8 Å². The highest BCUT2D eigenvalue weighted by molar-refractivity contribution is 7.89. The van der Waals surface area contributed by atoms with Gasteiger partial charge in [-0.05, 0) is 122 Å². The Morgan fingerprint density at radius 2 is 1.47 bits per heavy atom. The first kappa shape index (κ1) is 38.6. The van der Waals surface area contributed by atoms with E-state index in [4.69, 9.17) is 5.14 Å². The number of fused-ring (bicyclic) bond motifs is 9. The van der Waals surface area contributed by atoms with Gasteiger partial charge >= 0.3 is 0 Å². The van der Waals surface area contributed by atoms with Gasteiger partial charge in [0.1, 0.15) is 4.90 Å². The SMILES string of the molecule is NS(=O)(=O)c1c2nc(cc3nc(cc4ccc(cc5ccc1[nH]5)[nH]4)C=C3)C=C2.O=C(c1ccc(N2CC=Cc3ccccc32)cc1)N1CCC(O)(CCC(F)F)CC1. The number of aliphatic hydroxyl groups is 1. The molecule has 58 heavy (non-hydrogen) atoms. The van der Waals surface area contributed by atoms with Crippen LogP contribution in [0.4, 0.5) is 20.2 Å². The number of carbonyl (C=O) groups is 1. The highest BCUT2D eigenvalue weighted by atomic mass is 32.2. The molecule has 0 atom stereocenters. The number of piperidine rings is 1. The van der Waals surface area contributed by atoms with E-state index in [2.05, 4.69) is 49.1 Å². The Labute approximate surface area is 334 Å². The maximum atomic E-state index is 12.9. The summed E-state index contributed by atoms with van der Waals surface area (Å²) in [6.07, 6.45) is 9.44. The van der Waals surface area contributed by atoms with E-state index in [0.717, 1.165) is 51.4 Å². The number of primary sulfonamides is 1. The second-order valence-electron chi connectivity index (χ2n) is 14.6. The van der Waals surface area contributed by atoms with Gasteiger partial charge in [0.2, 0.25) is 16.4 Å². The molecule has 3 aromatic heterocycles. The molecule has 1 fully saturated rings. The first-order valence-electron chi connectivity index (χ1n) is 18.9. The molecule has 0 saturated carbocycles. The highest BCUT2D eigenvalue weighted by Crippen LogP contribution is 2.33. The Morgan fingerprint density at radius 1 is 0.810 bits per heavy atom. The van der Waals surface area contributed by atoms with E-state index in [9.17, 15) is 27.1 Å². The smallest absolute Gasteiger partial charge is 0.253 e. The normalized spacial score (nSPS) is 15.6. The lowest BCUT2D eigenvalue weighted by atomic mass is 9.87. The van der Waals surface area contributed by atoms with Crippen LogP contribution >= 0.6 is 0 Å². The van der Waals surface area contributed by atoms with Crippen molar-refractivity contribution < 1.29 is 27.1 Å². The molecule has 11 nitrogen and oxygen atoms in total. The van der Waals surface area contributed by atoms with Crippen molar-refractivity contribution in [3.63, 3.8) is 0 Å². The van der Waals surface area contributed by atoms with Crippen molar-refractivity contribution >= 4 is 79.8 Å². The first-order valence-corrected chi connectivity index (χ1v) is 20.5. The number of rotatable bonds is 6. The average molecular weight is 802 g/mol. The molecule has 5 N–H and O–H groups in total. The number of aromatic amines is 2. The Morgan fingerprint density at radius 3 is 2.21 bits per heavy atom. The number of alkyl halides is 2. The van der Waals surface area contributed by atoms with Crippen molar-refractivity contribution in [1.82, 2.24) is 24.8 Å². The number of halogens is 2. The van der Waals surface area contributed by atoms with Crippen LogP contribution in [0.15, 0.2) is 102 Å². The van der Waals surface area contributed by atoms with Gasteiger partial charge < -0.3 is 24.9 Å². The second kappa shape index (κ2) is 16.0. The molecule has 7 heterocycles. The van der Waals surface area contributed by atoms with Crippen LogP contribution in [0.2, 0.25) is 0 Å². The summed E-state index contributed by atoms with van der Waals surface area (Å²) < 4.78 is 49.5. The number of hydrogen-bond acceptors (Lipinski definition) is 7. The van der Waals surface area contributed by atoms with Crippen LogP contribution < -0.4 is 10.0 Å².